The summed E-state index contributed by atoms with van der Waals surface area (Å²) in [5.41, 5.74) is 1.23. The van der Waals surface area contributed by atoms with E-state index in [1.165, 1.54) is 5.56 Å². The molecule has 0 aliphatic carbocycles. The minimum atomic E-state index is 0.290. The highest BCUT2D eigenvalue weighted by Gasteiger charge is 2.26. The number of nitrogens with one attached hydrogen (secondary N) is 1. The highest BCUT2D eigenvalue weighted by atomic mass is 16.5. The molecule has 1 unspecified atom stereocenters. The number of piperazine rings is 1. The number of likely N-dealkylation sites (N-methyl/N-ethyl adjacent to an activating group) is 1. The third-order valence-corrected chi connectivity index (χ3v) is 4.73. The molecular weight excluding hydrogens is 316 g/mol. The Hall–Kier alpha value is -1.96. The Balaban J connectivity index is 1.67. The van der Waals surface area contributed by atoms with Crippen LogP contribution < -0.4 is 10.2 Å². The molecular formula is C18H28N6O. The summed E-state index contributed by atoms with van der Waals surface area (Å²) in [6.45, 7) is 5.36. The van der Waals surface area contributed by atoms with Gasteiger partial charge < -0.3 is 19.5 Å². The van der Waals surface area contributed by atoms with Gasteiger partial charge in [0, 0.05) is 72.5 Å². The van der Waals surface area contributed by atoms with Gasteiger partial charge in [0.1, 0.15) is 11.6 Å². The van der Waals surface area contributed by atoms with Gasteiger partial charge >= 0.3 is 0 Å². The fourth-order valence-electron chi connectivity index (χ4n) is 3.20. The van der Waals surface area contributed by atoms with Crippen LogP contribution in [0.2, 0.25) is 0 Å². The molecule has 1 aliphatic heterocycles. The molecule has 2 aromatic heterocycles. The molecule has 1 aliphatic rings. The molecule has 1 N–H and O–H groups in total. The van der Waals surface area contributed by atoms with E-state index in [4.69, 9.17) is 4.74 Å². The van der Waals surface area contributed by atoms with Crippen molar-refractivity contribution in [3.63, 3.8) is 0 Å². The van der Waals surface area contributed by atoms with Crippen LogP contribution in [-0.2, 0) is 18.3 Å². The fraction of sp³-hybridized carbons (Fsp3) is 0.556. The average molecular weight is 344 g/mol. The molecule has 136 valence electrons. The molecule has 25 heavy (non-hydrogen) atoms. The highest BCUT2D eigenvalue weighted by Crippen LogP contribution is 2.23. The lowest BCUT2D eigenvalue weighted by Gasteiger charge is -2.35. The lowest BCUT2D eigenvalue weighted by atomic mass is 10.1. The molecule has 0 aromatic carbocycles. The minimum absolute atomic E-state index is 0.290. The number of rotatable bonds is 7. The van der Waals surface area contributed by atoms with Crippen LogP contribution in [0.4, 0.5) is 5.82 Å². The summed E-state index contributed by atoms with van der Waals surface area (Å²) in [4.78, 5) is 13.7. The van der Waals surface area contributed by atoms with Crippen molar-refractivity contribution >= 4 is 5.82 Å². The Morgan fingerprint density at radius 3 is 2.92 bits per heavy atom. The lowest BCUT2D eigenvalue weighted by Crippen LogP contribution is -2.46. The molecule has 0 bridgehead atoms. The Bertz CT molecular complexity index is 656. The largest absolute Gasteiger partial charge is 0.383 e. The summed E-state index contributed by atoms with van der Waals surface area (Å²) in [7, 11) is 5.81. The molecule has 3 heterocycles. The zero-order chi connectivity index (χ0) is 17.6. The van der Waals surface area contributed by atoms with Crippen molar-refractivity contribution in [2.75, 3.05) is 51.8 Å². The number of anilines is 1. The van der Waals surface area contributed by atoms with E-state index in [9.17, 15) is 0 Å². The predicted molar refractivity (Wildman–Crippen MR) is 98.6 cm³/mol. The van der Waals surface area contributed by atoms with Crippen LogP contribution in [0.3, 0.4) is 0 Å². The lowest BCUT2D eigenvalue weighted by molar-refractivity contribution is 0.144. The molecule has 2 aromatic rings. The second kappa shape index (κ2) is 8.42. The number of methoxy groups -OCH3 is 1. The maximum absolute atomic E-state index is 5.13. The number of nitrogens with zero attached hydrogens (tertiary/aromatic N) is 5. The second-order valence-electron chi connectivity index (χ2n) is 6.53. The van der Waals surface area contributed by atoms with Crippen LogP contribution in [0.5, 0.6) is 0 Å². The number of ether oxygens (including phenoxy) is 1. The summed E-state index contributed by atoms with van der Waals surface area (Å²) in [6, 6.07) is 4.55. The summed E-state index contributed by atoms with van der Waals surface area (Å²) in [5, 5.41) is 3.48. The van der Waals surface area contributed by atoms with Crippen molar-refractivity contribution in [2.45, 2.75) is 12.6 Å². The second-order valence-corrected chi connectivity index (χ2v) is 6.53. The van der Waals surface area contributed by atoms with E-state index in [1.807, 2.05) is 25.6 Å². The van der Waals surface area contributed by atoms with Crippen LogP contribution >= 0.6 is 0 Å². The zero-order valence-electron chi connectivity index (χ0n) is 15.4. The van der Waals surface area contributed by atoms with Gasteiger partial charge in [0.25, 0.3) is 0 Å². The van der Waals surface area contributed by atoms with E-state index < -0.39 is 0 Å². The van der Waals surface area contributed by atoms with E-state index in [0.717, 1.165) is 44.4 Å². The number of aryl methyl sites for hydroxylation is 1. The molecule has 3 rings (SSSR count). The molecule has 7 nitrogen and oxygen atoms in total. The Morgan fingerprint density at radius 1 is 1.36 bits per heavy atom. The van der Waals surface area contributed by atoms with Crippen molar-refractivity contribution in [1.29, 1.82) is 0 Å². The number of hydrogen-bond donors (Lipinski definition) is 1. The summed E-state index contributed by atoms with van der Waals surface area (Å²) < 4.78 is 7.23. The van der Waals surface area contributed by atoms with Gasteiger partial charge in [-0.1, -0.05) is 6.07 Å². The van der Waals surface area contributed by atoms with Gasteiger partial charge in [-0.05, 0) is 11.6 Å². The van der Waals surface area contributed by atoms with Crippen LogP contribution in [0.25, 0.3) is 0 Å². The summed E-state index contributed by atoms with van der Waals surface area (Å²) >= 11 is 0. The van der Waals surface area contributed by atoms with Gasteiger partial charge in [0.05, 0.1) is 12.6 Å². The van der Waals surface area contributed by atoms with Crippen LogP contribution in [-0.4, -0.2) is 66.4 Å². The van der Waals surface area contributed by atoms with Crippen LogP contribution in [0.15, 0.2) is 30.7 Å². The van der Waals surface area contributed by atoms with Gasteiger partial charge in [-0.2, -0.15) is 0 Å². The Morgan fingerprint density at radius 2 is 2.24 bits per heavy atom. The first kappa shape index (κ1) is 17.8. The molecule has 1 fully saturated rings. The molecule has 0 amide bonds. The van der Waals surface area contributed by atoms with Gasteiger partial charge in [-0.15, -0.1) is 0 Å². The summed E-state index contributed by atoms with van der Waals surface area (Å²) in [5.74, 6) is 2.08. The van der Waals surface area contributed by atoms with Crippen molar-refractivity contribution < 1.29 is 4.74 Å². The van der Waals surface area contributed by atoms with E-state index in [0.29, 0.717) is 6.61 Å². The maximum Gasteiger partial charge on any atom is 0.128 e. The molecule has 1 atom stereocenters. The number of hydrogen-bond acceptors (Lipinski definition) is 6. The quantitative estimate of drug-likeness (QED) is 0.810. The van der Waals surface area contributed by atoms with Crippen LogP contribution in [0.1, 0.15) is 17.4 Å². The van der Waals surface area contributed by atoms with Crippen LogP contribution in [0, 0.1) is 0 Å². The third-order valence-electron chi connectivity index (χ3n) is 4.73. The van der Waals surface area contributed by atoms with Crippen molar-refractivity contribution in [2.24, 2.45) is 7.05 Å². The minimum Gasteiger partial charge on any atom is -0.383 e. The van der Waals surface area contributed by atoms with E-state index >= 15 is 0 Å². The van der Waals surface area contributed by atoms with Gasteiger partial charge in [-0.3, -0.25) is 4.90 Å². The van der Waals surface area contributed by atoms with Gasteiger partial charge in [-0.25, -0.2) is 9.97 Å². The monoisotopic (exact) mass is 344 g/mol. The number of pyridine rings is 1. The first-order chi connectivity index (χ1) is 12.2. The maximum atomic E-state index is 5.13. The van der Waals surface area contributed by atoms with Gasteiger partial charge in [0.15, 0.2) is 0 Å². The van der Waals surface area contributed by atoms with Crippen molar-refractivity contribution in [1.82, 2.24) is 24.8 Å². The Labute approximate surface area is 149 Å². The number of imidazole rings is 1. The zero-order valence-corrected chi connectivity index (χ0v) is 15.4. The predicted octanol–water partition coefficient (Wildman–Crippen LogP) is 1.04. The SMILES string of the molecule is COCCN(C)c1ccc(CN2CCNCC2c2nccn2C)cn1. The summed E-state index contributed by atoms with van der Waals surface area (Å²) in [6.07, 6.45) is 5.86. The first-order valence-electron chi connectivity index (χ1n) is 8.76. The smallest absolute Gasteiger partial charge is 0.128 e. The van der Waals surface area contributed by atoms with Crippen molar-refractivity contribution in [3.8, 4) is 0 Å². The Kier molecular flexibility index (Phi) is 6.01. The van der Waals surface area contributed by atoms with E-state index in [2.05, 4.69) is 48.8 Å². The van der Waals surface area contributed by atoms with Gasteiger partial charge in [0.2, 0.25) is 0 Å². The topological polar surface area (TPSA) is 58.5 Å². The molecule has 0 radical (unpaired) electrons. The molecule has 0 saturated carbocycles. The third kappa shape index (κ3) is 4.36. The number of aromatic nitrogens is 3. The first-order valence-corrected chi connectivity index (χ1v) is 8.76. The van der Waals surface area contributed by atoms with Crippen molar-refractivity contribution in [3.05, 3.63) is 42.1 Å². The average Bonchev–Trinajstić information content (AvgIpc) is 3.06. The fourth-order valence-corrected chi connectivity index (χ4v) is 3.20. The molecule has 1 saturated heterocycles. The normalized spacial score (nSPS) is 18.4. The molecule has 7 heteroatoms. The highest BCUT2D eigenvalue weighted by molar-refractivity contribution is 5.38. The molecule has 0 spiro atoms. The standard InChI is InChI=1S/C18H28N6O/c1-22(10-11-25-3)17-5-4-15(12-21-17)14-24-9-6-19-13-16(24)18-20-7-8-23(18)2/h4-5,7-8,12,16,19H,6,9-11,13-14H2,1-3H3. The van der Waals surface area contributed by atoms with E-state index in [-0.39, 0.29) is 6.04 Å². The van der Waals surface area contributed by atoms with E-state index in [1.54, 1.807) is 7.11 Å².